The molecule has 0 radical (unpaired) electrons. The molecule has 0 aliphatic carbocycles. The van der Waals surface area contributed by atoms with Crippen molar-refractivity contribution in [2.45, 2.75) is 56.0 Å². The van der Waals surface area contributed by atoms with Crippen LogP contribution in [0.3, 0.4) is 0 Å². The van der Waals surface area contributed by atoms with Crippen LogP contribution >= 0.6 is 11.6 Å². The van der Waals surface area contributed by atoms with Crippen LogP contribution in [0.5, 0.6) is 11.5 Å². The number of rotatable bonds is 8. The number of sulfonamides is 1. The Balaban J connectivity index is 1.84. The number of fused-ring (bicyclic) bond motifs is 1. The van der Waals surface area contributed by atoms with E-state index in [1.54, 1.807) is 49.3 Å². The molecule has 3 aromatic rings. The van der Waals surface area contributed by atoms with Gasteiger partial charge in [0.2, 0.25) is 5.91 Å². The number of hydrogen-bond donors (Lipinski definition) is 0. The largest absolute Gasteiger partial charge is 0.497 e. The minimum Gasteiger partial charge on any atom is -0.497 e. The summed E-state index contributed by atoms with van der Waals surface area (Å²) in [5.74, 6) is -0.292. The van der Waals surface area contributed by atoms with Gasteiger partial charge in [-0.3, -0.25) is 14.5 Å². The van der Waals surface area contributed by atoms with Gasteiger partial charge in [-0.25, -0.2) is 12.7 Å². The highest BCUT2D eigenvalue weighted by molar-refractivity contribution is 7.93. The van der Waals surface area contributed by atoms with Gasteiger partial charge >= 0.3 is 0 Å². The van der Waals surface area contributed by atoms with E-state index in [2.05, 4.69) is 0 Å². The standard InChI is InChI=1S/C33H38ClN3O6S/c1-21-17-26-28(18-22(21)2)37(44(40,41)30-15-14-24(42-5)20-29(30)43-6)32(39)33(26,25-12-7-8-13-27(25)34)36-16-10-9-11-23(36)19-31(38)35(3)4/h7-8,12-15,17-18,20,23H,9-11,16,19H2,1-6H3. The van der Waals surface area contributed by atoms with Gasteiger partial charge in [0.15, 0.2) is 5.54 Å². The van der Waals surface area contributed by atoms with E-state index in [1.807, 2.05) is 24.8 Å². The number of benzene rings is 3. The van der Waals surface area contributed by atoms with Crippen molar-refractivity contribution in [1.29, 1.82) is 0 Å². The molecule has 1 fully saturated rings. The van der Waals surface area contributed by atoms with E-state index >= 15 is 4.79 Å². The van der Waals surface area contributed by atoms with Crippen molar-refractivity contribution >= 4 is 39.1 Å². The zero-order valence-electron chi connectivity index (χ0n) is 25.9. The lowest BCUT2D eigenvalue weighted by molar-refractivity contribution is -0.135. The molecule has 0 aromatic heterocycles. The number of ether oxygens (including phenoxy) is 2. The second-order valence-corrected chi connectivity index (χ2v) is 13.7. The summed E-state index contributed by atoms with van der Waals surface area (Å²) >= 11 is 6.92. The number of methoxy groups -OCH3 is 2. The van der Waals surface area contributed by atoms with E-state index in [4.69, 9.17) is 21.1 Å². The molecule has 2 aliphatic rings. The zero-order valence-corrected chi connectivity index (χ0v) is 27.5. The van der Waals surface area contributed by atoms with Crippen molar-refractivity contribution in [2.75, 3.05) is 39.2 Å². The van der Waals surface area contributed by atoms with E-state index < -0.39 is 21.5 Å². The molecule has 1 saturated heterocycles. The number of likely N-dealkylation sites (tertiary alicyclic amines) is 1. The van der Waals surface area contributed by atoms with E-state index in [0.717, 1.165) is 28.3 Å². The summed E-state index contributed by atoms with van der Waals surface area (Å²) in [4.78, 5) is 31.8. The van der Waals surface area contributed by atoms with Gasteiger partial charge in [0.05, 0.1) is 19.9 Å². The van der Waals surface area contributed by atoms with Crippen LogP contribution in [0.1, 0.15) is 47.9 Å². The number of anilines is 1. The van der Waals surface area contributed by atoms with Gasteiger partial charge in [-0.1, -0.05) is 42.3 Å². The summed E-state index contributed by atoms with van der Waals surface area (Å²) in [7, 11) is 1.73. The lowest BCUT2D eigenvalue weighted by Crippen LogP contribution is -2.60. The third kappa shape index (κ3) is 5.02. The molecule has 5 rings (SSSR count). The molecule has 2 aliphatic heterocycles. The summed E-state index contributed by atoms with van der Waals surface area (Å²) in [6, 6.07) is 14.7. The number of aryl methyl sites for hydroxylation is 2. The van der Waals surface area contributed by atoms with E-state index in [0.29, 0.717) is 34.9 Å². The molecule has 2 atom stereocenters. The molecule has 0 N–H and O–H groups in total. The van der Waals surface area contributed by atoms with Gasteiger partial charge in [0, 0.05) is 55.3 Å². The smallest absolute Gasteiger partial charge is 0.274 e. The molecule has 9 nitrogen and oxygen atoms in total. The molecule has 0 bridgehead atoms. The predicted octanol–water partition coefficient (Wildman–Crippen LogP) is 5.29. The lowest BCUT2D eigenvalue weighted by Gasteiger charge is -2.47. The minimum atomic E-state index is -4.52. The number of halogens is 1. The topological polar surface area (TPSA) is 96.5 Å². The lowest BCUT2D eigenvalue weighted by atomic mass is 9.78. The highest BCUT2D eigenvalue weighted by Gasteiger charge is 2.61. The molecule has 3 aromatic carbocycles. The van der Waals surface area contributed by atoms with Crippen LogP contribution < -0.4 is 13.8 Å². The fourth-order valence-electron chi connectivity index (χ4n) is 6.44. The SMILES string of the molecule is COc1ccc(S(=O)(=O)N2C(=O)C(c3ccccc3Cl)(N3CCCCC3CC(=O)N(C)C)c3cc(C)c(C)cc32)c(OC)c1. The Bertz CT molecular complexity index is 1730. The number of carbonyl (C=O) groups excluding carboxylic acids is 2. The van der Waals surface area contributed by atoms with Crippen LogP contribution in [-0.2, 0) is 25.2 Å². The highest BCUT2D eigenvalue weighted by atomic mass is 35.5. The number of nitrogens with zero attached hydrogens (tertiary/aromatic N) is 3. The molecular weight excluding hydrogens is 602 g/mol. The van der Waals surface area contributed by atoms with Crippen molar-refractivity contribution in [3.05, 3.63) is 81.9 Å². The van der Waals surface area contributed by atoms with Gasteiger partial charge in [0.1, 0.15) is 16.4 Å². The maximum Gasteiger partial charge on any atom is 0.274 e. The maximum absolute atomic E-state index is 15.4. The number of amides is 2. The fourth-order valence-corrected chi connectivity index (χ4v) is 8.31. The van der Waals surface area contributed by atoms with Crippen LogP contribution in [0.2, 0.25) is 5.02 Å². The average Bonchev–Trinajstić information content (AvgIpc) is 3.25. The molecule has 2 amide bonds. The molecule has 44 heavy (non-hydrogen) atoms. The average molecular weight is 640 g/mol. The number of carbonyl (C=O) groups is 2. The van der Waals surface area contributed by atoms with Crippen LogP contribution in [-0.4, -0.2) is 70.9 Å². The number of piperidine rings is 1. The summed E-state index contributed by atoms with van der Waals surface area (Å²) in [6.45, 7) is 4.28. The molecule has 234 valence electrons. The Kier molecular flexibility index (Phi) is 8.72. The van der Waals surface area contributed by atoms with Gasteiger partial charge in [-0.2, -0.15) is 0 Å². The summed E-state index contributed by atoms with van der Waals surface area (Å²) in [5.41, 5.74) is 1.34. The Morgan fingerprint density at radius 1 is 1.00 bits per heavy atom. The summed E-state index contributed by atoms with van der Waals surface area (Å²) < 4.78 is 41.1. The van der Waals surface area contributed by atoms with Gasteiger partial charge in [0.25, 0.3) is 15.9 Å². The Morgan fingerprint density at radius 2 is 1.70 bits per heavy atom. The molecule has 0 saturated carbocycles. The van der Waals surface area contributed by atoms with Crippen LogP contribution in [0.15, 0.2) is 59.5 Å². The van der Waals surface area contributed by atoms with E-state index in [9.17, 15) is 13.2 Å². The second kappa shape index (κ2) is 12.1. The quantitative estimate of drug-likeness (QED) is 0.331. The maximum atomic E-state index is 15.4. The minimum absolute atomic E-state index is 0.0465. The summed E-state index contributed by atoms with van der Waals surface area (Å²) in [6.07, 6.45) is 2.48. The van der Waals surface area contributed by atoms with Crippen molar-refractivity contribution in [2.24, 2.45) is 0 Å². The van der Waals surface area contributed by atoms with Gasteiger partial charge < -0.3 is 14.4 Å². The van der Waals surface area contributed by atoms with Crippen molar-refractivity contribution in [3.8, 4) is 11.5 Å². The van der Waals surface area contributed by atoms with Gasteiger partial charge in [-0.05, 0) is 62.1 Å². The van der Waals surface area contributed by atoms with Gasteiger partial charge in [-0.15, -0.1) is 0 Å². The predicted molar refractivity (Wildman–Crippen MR) is 170 cm³/mol. The molecule has 2 heterocycles. The monoisotopic (exact) mass is 639 g/mol. The fraction of sp³-hybridized carbons (Fsp3) is 0.394. The Hall–Kier alpha value is -3.60. The van der Waals surface area contributed by atoms with Crippen molar-refractivity contribution in [3.63, 3.8) is 0 Å². The van der Waals surface area contributed by atoms with Crippen LogP contribution in [0.4, 0.5) is 5.69 Å². The van der Waals surface area contributed by atoms with Crippen LogP contribution in [0, 0.1) is 13.8 Å². The third-order valence-corrected chi connectivity index (χ3v) is 10.9. The molecule has 2 unspecified atom stereocenters. The zero-order chi connectivity index (χ0) is 32.0. The normalized spacial score (nSPS) is 20.4. The first kappa shape index (κ1) is 31.8. The highest BCUT2D eigenvalue weighted by Crippen LogP contribution is 2.54. The van der Waals surface area contributed by atoms with E-state index in [1.165, 1.54) is 32.4 Å². The number of hydrogen-bond acceptors (Lipinski definition) is 7. The molecular formula is C33H38ClN3O6S. The molecule has 0 spiro atoms. The summed E-state index contributed by atoms with van der Waals surface area (Å²) in [5, 5.41) is 0.328. The second-order valence-electron chi connectivity index (χ2n) is 11.6. The molecule has 11 heteroatoms. The van der Waals surface area contributed by atoms with Crippen molar-refractivity contribution in [1.82, 2.24) is 9.80 Å². The first-order valence-corrected chi connectivity index (χ1v) is 16.4. The van der Waals surface area contributed by atoms with E-state index in [-0.39, 0.29) is 34.7 Å². The first-order valence-electron chi connectivity index (χ1n) is 14.5. The Labute approximate surface area is 264 Å². The third-order valence-electron chi connectivity index (χ3n) is 8.83. The Morgan fingerprint density at radius 3 is 2.36 bits per heavy atom. The first-order chi connectivity index (χ1) is 20.9. The van der Waals surface area contributed by atoms with Crippen LogP contribution in [0.25, 0.3) is 0 Å². The van der Waals surface area contributed by atoms with Crippen molar-refractivity contribution < 1.29 is 27.5 Å².